The maximum atomic E-state index is 8.87. The standard InChI is InChI=1S/C12H24O2/c1-9(2)10(14-13)12(6,7)8-11(3,4)5/h10,13H,1,8H2,2-7H3. The average molecular weight is 200 g/mol. The molecule has 2 nitrogen and oxygen atoms in total. The molecule has 0 aromatic heterocycles. The van der Waals surface area contributed by atoms with Crippen LogP contribution in [0.4, 0.5) is 0 Å². The van der Waals surface area contributed by atoms with E-state index < -0.39 is 0 Å². The summed E-state index contributed by atoms with van der Waals surface area (Å²) < 4.78 is 0. The van der Waals surface area contributed by atoms with Gasteiger partial charge < -0.3 is 0 Å². The van der Waals surface area contributed by atoms with E-state index in [0.29, 0.717) is 0 Å². The second kappa shape index (κ2) is 4.45. The Morgan fingerprint density at radius 3 is 1.93 bits per heavy atom. The Labute approximate surface area is 87.9 Å². The zero-order valence-electron chi connectivity index (χ0n) is 10.3. The van der Waals surface area contributed by atoms with Crippen molar-refractivity contribution < 1.29 is 10.1 Å². The summed E-state index contributed by atoms with van der Waals surface area (Å²) in [6.45, 7) is 16.4. The van der Waals surface area contributed by atoms with Gasteiger partial charge in [-0.05, 0) is 29.7 Å². The molecule has 14 heavy (non-hydrogen) atoms. The summed E-state index contributed by atoms with van der Waals surface area (Å²) in [5.41, 5.74) is 0.982. The van der Waals surface area contributed by atoms with Crippen molar-refractivity contribution in [1.29, 1.82) is 0 Å². The van der Waals surface area contributed by atoms with Crippen LogP contribution in [-0.4, -0.2) is 11.4 Å². The summed E-state index contributed by atoms with van der Waals surface area (Å²) in [4.78, 5) is 4.52. The molecule has 0 saturated carbocycles. The van der Waals surface area contributed by atoms with Crippen molar-refractivity contribution >= 4 is 0 Å². The summed E-state index contributed by atoms with van der Waals surface area (Å²) in [5, 5.41) is 8.87. The SMILES string of the molecule is C=C(C)C(OO)C(C)(C)CC(C)(C)C. The van der Waals surface area contributed by atoms with Crippen molar-refractivity contribution in [1.82, 2.24) is 0 Å². The van der Waals surface area contributed by atoms with Crippen molar-refractivity contribution in [3.8, 4) is 0 Å². The summed E-state index contributed by atoms with van der Waals surface area (Å²) in [5.74, 6) is 0. The highest BCUT2D eigenvalue weighted by atomic mass is 17.1. The molecule has 0 heterocycles. The minimum atomic E-state index is -0.290. The van der Waals surface area contributed by atoms with Crippen LogP contribution in [-0.2, 0) is 4.89 Å². The predicted molar refractivity (Wildman–Crippen MR) is 60.2 cm³/mol. The fourth-order valence-electron chi connectivity index (χ4n) is 2.36. The fraction of sp³-hybridized carbons (Fsp3) is 0.833. The maximum Gasteiger partial charge on any atom is 0.118 e. The molecule has 0 rings (SSSR count). The van der Waals surface area contributed by atoms with Crippen LogP contribution in [0.25, 0.3) is 0 Å². The molecule has 0 aliphatic carbocycles. The first-order valence-corrected chi connectivity index (χ1v) is 5.06. The third-order valence-corrected chi connectivity index (χ3v) is 2.25. The molecule has 0 aliphatic heterocycles. The highest BCUT2D eigenvalue weighted by Crippen LogP contribution is 2.38. The van der Waals surface area contributed by atoms with Gasteiger partial charge in [0.1, 0.15) is 6.10 Å². The molecule has 0 bridgehead atoms. The van der Waals surface area contributed by atoms with E-state index in [1.54, 1.807) is 0 Å². The lowest BCUT2D eigenvalue weighted by Crippen LogP contribution is -2.35. The van der Waals surface area contributed by atoms with Crippen LogP contribution in [0.2, 0.25) is 0 Å². The van der Waals surface area contributed by atoms with E-state index in [9.17, 15) is 0 Å². The molecule has 1 N–H and O–H groups in total. The van der Waals surface area contributed by atoms with Gasteiger partial charge in [-0.25, -0.2) is 4.89 Å². The van der Waals surface area contributed by atoms with E-state index in [2.05, 4.69) is 46.1 Å². The molecule has 0 radical (unpaired) electrons. The molecule has 0 aromatic rings. The first-order valence-electron chi connectivity index (χ1n) is 5.06. The highest BCUT2D eigenvalue weighted by Gasteiger charge is 2.35. The monoisotopic (exact) mass is 200 g/mol. The Bertz CT molecular complexity index is 199. The van der Waals surface area contributed by atoms with Gasteiger partial charge in [0.15, 0.2) is 0 Å². The van der Waals surface area contributed by atoms with Gasteiger partial charge in [0.25, 0.3) is 0 Å². The molecule has 0 saturated heterocycles. The normalized spacial score (nSPS) is 15.4. The van der Waals surface area contributed by atoms with Crippen LogP contribution in [0.5, 0.6) is 0 Å². The summed E-state index contributed by atoms with van der Waals surface area (Å²) >= 11 is 0. The minimum Gasteiger partial charge on any atom is -0.251 e. The average Bonchev–Trinajstić information content (AvgIpc) is 1.79. The van der Waals surface area contributed by atoms with Crippen LogP contribution in [0.15, 0.2) is 12.2 Å². The van der Waals surface area contributed by atoms with Gasteiger partial charge in [-0.2, -0.15) is 0 Å². The number of hydrogen-bond acceptors (Lipinski definition) is 2. The van der Waals surface area contributed by atoms with Crippen molar-refractivity contribution in [3.05, 3.63) is 12.2 Å². The fourth-order valence-corrected chi connectivity index (χ4v) is 2.36. The van der Waals surface area contributed by atoms with Crippen molar-refractivity contribution in [2.24, 2.45) is 10.8 Å². The maximum absolute atomic E-state index is 8.87. The molecule has 2 heteroatoms. The third-order valence-electron chi connectivity index (χ3n) is 2.25. The zero-order chi connectivity index (χ0) is 11.6. The molecule has 0 amide bonds. The Morgan fingerprint density at radius 2 is 1.71 bits per heavy atom. The second-order valence-corrected chi connectivity index (χ2v) is 6.06. The van der Waals surface area contributed by atoms with Gasteiger partial charge in [0.05, 0.1) is 0 Å². The summed E-state index contributed by atoms with van der Waals surface area (Å²) in [6.07, 6.45) is 0.680. The van der Waals surface area contributed by atoms with Crippen molar-refractivity contribution in [3.63, 3.8) is 0 Å². The van der Waals surface area contributed by atoms with Crippen LogP contribution in [0, 0.1) is 10.8 Å². The number of hydrogen-bond donors (Lipinski definition) is 1. The van der Waals surface area contributed by atoms with E-state index in [0.717, 1.165) is 12.0 Å². The van der Waals surface area contributed by atoms with Gasteiger partial charge in [0, 0.05) is 0 Å². The molecule has 1 unspecified atom stereocenters. The van der Waals surface area contributed by atoms with Crippen LogP contribution < -0.4 is 0 Å². The molecular formula is C12H24O2. The smallest absolute Gasteiger partial charge is 0.118 e. The second-order valence-electron chi connectivity index (χ2n) is 6.06. The predicted octanol–water partition coefficient (Wildman–Crippen LogP) is 3.88. The summed E-state index contributed by atoms with van der Waals surface area (Å²) in [7, 11) is 0. The molecule has 0 spiro atoms. The Kier molecular flexibility index (Phi) is 4.34. The van der Waals surface area contributed by atoms with Gasteiger partial charge in [0.2, 0.25) is 0 Å². The first kappa shape index (κ1) is 13.7. The van der Waals surface area contributed by atoms with Crippen LogP contribution >= 0.6 is 0 Å². The van der Waals surface area contributed by atoms with Gasteiger partial charge in [-0.1, -0.05) is 41.2 Å². The van der Waals surface area contributed by atoms with Gasteiger partial charge in [-0.3, -0.25) is 5.26 Å². The topological polar surface area (TPSA) is 29.5 Å². The lowest BCUT2D eigenvalue weighted by molar-refractivity contribution is -0.292. The molecule has 0 aromatic carbocycles. The van der Waals surface area contributed by atoms with E-state index in [1.807, 2.05) is 6.92 Å². The Hall–Kier alpha value is -0.340. The lowest BCUT2D eigenvalue weighted by atomic mass is 9.71. The minimum absolute atomic E-state index is 0.0984. The molecule has 84 valence electrons. The van der Waals surface area contributed by atoms with E-state index in [1.165, 1.54) is 0 Å². The highest BCUT2D eigenvalue weighted by molar-refractivity contribution is 5.04. The number of rotatable bonds is 4. The van der Waals surface area contributed by atoms with E-state index >= 15 is 0 Å². The lowest BCUT2D eigenvalue weighted by Gasteiger charge is -2.37. The van der Waals surface area contributed by atoms with E-state index in [4.69, 9.17) is 5.26 Å². The van der Waals surface area contributed by atoms with Gasteiger partial charge >= 0.3 is 0 Å². The van der Waals surface area contributed by atoms with Crippen molar-refractivity contribution in [2.75, 3.05) is 0 Å². The first-order chi connectivity index (χ1) is 6.10. The Balaban J connectivity index is 4.65. The summed E-state index contributed by atoms with van der Waals surface area (Å²) in [6, 6.07) is 0. The molecular weight excluding hydrogens is 176 g/mol. The molecule has 0 fully saturated rings. The van der Waals surface area contributed by atoms with E-state index in [-0.39, 0.29) is 16.9 Å². The third kappa shape index (κ3) is 4.25. The zero-order valence-corrected chi connectivity index (χ0v) is 10.3. The molecule has 1 atom stereocenters. The van der Waals surface area contributed by atoms with Gasteiger partial charge in [-0.15, -0.1) is 0 Å². The van der Waals surface area contributed by atoms with Crippen LogP contribution in [0.1, 0.15) is 48.0 Å². The quantitative estimate of drug-likeness (QED) is 0.424. The van der Waals surface area contributed by atoms with Crippen molar-refractivity contribution in [2.45, 2.75) is 54.1 Å². The Morgan fingerprint density at radius 1 is 1.29 bits per heavy atom. The van der Waals surface area contributed by atoms with Crippen LogP contribution in [0.3, 0.4) is 0 Å². The largest absolute Gasteiger partial charge is 0.251 e. The molecule has 0 aliphatic rings.